The summed E-state index contributed by atoms with van der Waals surface area (Å²) in [7, 11) is 0. The molecule has 4 rings (SSSR count). The Morgan fingerprint density at radius 2 is 1.80 bits per heavy atom. The molecule has 3 aromatic rings. The molecule has 30 heavy (non-hydrogen) atoms. The monoisotopic (exact) mass is 455 g/mol. The molecule has 4 nitrogen and oxygen atoms in total. The fraction of sp³-hybridized carbons (Fsp3) is 0.286. The molecule has 0 amide bonds. The quantitative estimate of drug-likeness (QED) is 0.337. The van der Waals surface area contributed by atoms with E-state index in [1.807, 2.05) is 11.0 Å². The van der Waals surface area contributed by atoms with Gasteiger partial charge in [0, 0.05) is 40.8 Å². The second-order valence-corrected chi connectivity index (χ2v) is 8.30. The normalized spacial score (nSPS) is 16.8. The van der Waals surface area contributed by atoms with Crippen molar-refractivity contribution in [3.63, 3.8) is 0 Å². The van der Waals surface area contributed by atoms with Crippen molar-refractivity contribution in [3.05, 3.63) is 69.3 Å². The van der Waals surface area contributed by atoms with Gasteiger partial charge in [-0.2, -0.15) is 13.2 Å². The van der Waals surface area contributed by atoms with Crippen LogP contribution in [0.25, 0.3) is 10.9 Å². The molecule has 0 saturated carbocycles. The second kappa shape index (κ2) is 7.48. The molecular weight excluding hydrogens is 438 g/mol. The van der Waals surface area contributed by atoms with E-state index in [0.29, 0.717) is 23.7 Å². The Bertz CT molecular complexity index is 1120. The van der Waals surface area contributed by atoms with E-state index in [1.165, 1.54) is 12.1 Å². The van der Waals surface area contributed by atoms with E-state index < -0.39 is 22.4 Å². The van der Waals surface area contributed by atoms with Crippen molar-refractivity contribution in [3.8, 4) is 0 Å². The van der Waals surface area contributed by atoms with Gasteiger partial charge in [0.25, 0.3) is 0 Å². The Morgan fingerprint density at radius 3 is 2.47 bits per heavy atom. The summed E-state index contributed by atoms with van der Waals surface area (Å²) in [4.78, 5) is 4.91. The molecule has 0 aliphatic carbocycles. The van der Waals surface area contributed by atoms with Crippen molar-refractivity contribution < 1.29 is 18.3 Å². The number of amidine groups is 1. The number of hydrogen-bond donors (Lipinski definition) is 3. The topological polar surface area (TPSA) is 63.1 Å². The van der Waals surface area contributed by atoms with E-state index in [-0.39, 0.29) is 24.2 Å². The number of alkyl halides is 3. The molecule has 1 aliphatic rings. The number of nitrogens with zero attached hydrogens (tertiary/aromatic N) is 1. The maximum Gasteiger partial charge on any atom is 0.417 e. The zero-order valence-corrected chi connectivity index (χ0v) is 17.2. The maximum absolute atomic E-state index is 13.2. The molecular formula is C21H18Cl2F3N3O. The maximum atomic E-state index is 13.2. The van der Waals surface area contributed by atoms with Crippen molar-refractivity contribution in [1.29, 1.82) is 5.41 Å². The van der Waals surface area contributed by atoms with Gasteiger partial charge < -0.3 is 15.0 Å². The number of fused-ring (bicyclic) bond motifs is 1. The van der Waals surface area contributed by atoms with Gasteiger partial charge in [0.15, 0.2) is 0 Å². The first kappa shape index (κ1) is 21.0. The van der Waals surface area contributed by atoms with Crippen LogP contribution >= 0.6 is 23.2 Å². The van der Waals surface area contributed by atoms with Crippen LogP contribution in [0, 0.1) is 5.41 Å². The fourth-order valence-electron chi connectivity index (χ4n) is 3.89. The van der Waals surface area contributed by atoms with Gasteiger partial charge in [0.1, 0.15) is 5.84 Å². The Kier molecular flexibility index (Phi) is 5.24. The van der Waals surface area contributed by atoms with Gasteiger partial charge in [-0.15, -0.1) is 0 Å². The third kappa shape index (κ3) is 3.77. The second-order valence-electron chi connectivity index (χ2n) is 7.45. The van der Waals surface area contributed by atoms with Gasteiger partial charge in [0.05, 0.1) is 16.2 Å². The minimum absolute atomic E-state index is 0.187. The van der Waals surface area contributed by atoms with E-state index in [0.717, 1.165) is 17.0 Å². The molecule has 2 heterocycles. The van der Waals surface area contributed by atoms with Crippen LogP contribution in [0.3, 0.4) is 0 Å². The number of nitrogens with one attached hydrogen (secondary N) is 2. The Hall–Kier alpha value is -2.22. The lowest BCUT2D eigenvalue weighted by Crippen LogP contribution is -2.45. The van der Waals surface area contributed by atoms with Crippen LogP contribution in [0.4, 0.5) is 13.2 Å². The SMILES string of the molecule is N=C(c1c[nH]c2cc(Cl)ccc12)N1CCC(O)(c2ccc(Cl)c(C(F)(F)F)c2)CC1. The van der Waals surface area contributed by atoms with Gasteiger partial charge >= 0.3 is 6.18 Å². The highest BCUT2D eigenvalue weighted by Crippen LogP contribution is 2.40. The van der Waals surface area contributed by atoms with Gasteiger partial charge in [-0.25, -0.2) is 0 Å². The molecule has 1 aliphatic heterocycles. The predicted octanol–water partition coefficient (Wildman–Crippen LogP) is 5.80. The molecule has 3 N–H and O–H groups in total. The lowest BCUT2D eigenvalue weighted by atomic mass is 9.83. The van der Waals surface area contributed by atoms with Crippen LogP contribution in [-0.4, -0.2) is 33.9 Å². The Labute approximate surface area is 180 Å². The number of likely N-dealkylation sites (tertiary alicyclic amines) is 1. The van der Waals surface area contributed by atoms with Gasteiger partial charge in [-0.3, -0.25) is 5.41 Å². The lowest BCUT2D eigenvalue weighted by molar-refractivity contribution is -0.137. The Morgan fingerprint density at radius 1 is 1.10 bits per heavy atom. The molecule has 1 saturated heterocycles. The van der Waals surface area contributed by atoms with E-state index in [9.17, 15) is 18.3 Å². The number of halogens is 5. The smallest absolute Gasteiger partial charge is 0.385 e. The van der Waals surface area contributed by atoms with Crippen molar-refractivity contribution in [2.24, 2.45) is 0 Å². The van der Waals surface area contributed by atoms with E-state index in [1.54, 1.807) is 18.3 Å². The number of H-pyrrole nitrogens is 1. The van der Waals surface area contributed by atoms with Crippen molar-refractivity contribution in [2.75, 3.05) is 13.1 Å². The first-order chi connectivity index (χ1) is 14.1. The van der Waals surface area contributed by atoms with E-state index in [4.69, 9.17) is 28.6 Å². The average molecular weight is 456 g/mol. The Balaban J connectivity index is 1.54. The summed E-state index contributed by atoms with van der Waals surface area (Å²) in [5.74, 6) is 0.290. The number of aromatic amines is 1. The third-order valence-corrected chi connectivity index (χ3v) is 6.18. The van der Waals surface area contributed by atoms with Crippen LogP contribution in [-0.2, 0) is 11.8 Å². The minimum atomic E-state index is -4.59. The highest BCUT2D eigenvalue weighted by molar-refractivity contribution is 6.31. The summed E-state index contributed by atoms with van der Waals surface area (Å²) in [5.41, 5.74) is -0.654. The zero-order chi connectivity index (χ0) is 21.7. The standard InChI is InChI=1S/C21H18Cl2F3N3O/c22-13-2-3-14-15(11-28-18(14)10-13)19(27)29-7-5-20(30,6-8-29)12-1-4-17(23)16(9-12)21(24,25)26/h1-4,9-11,27-28,30H,5-8H2. The van der Waals surface area contributed by atoms with E-state index in [2.05, 4.69) is 4.98 Å². The largest absolute Gasteiger partial charge is 0.417 e. The lowest BCUT2D eigenvalue weighted by Gasteiger charge is -2.39. The first-order valence-electron chi connectivity index (χ1n) is 9.29. The van der Waals surface area contributed by atoms with Crippen LogP contribution in [0.2, 0.25) is 10.0 Å². The fourth-order valence-corrected chi connectivity index (χ4v) is 4.28. The molecule has 0 bridgehead atoms. The molecule has 0 spiro atoms. The molecule has 9 heteroatoms. The molecule has 0 atom stereocenters. The van der Waals surface area contributed by atoms with Gasteiger partial charge in [-0.05, 0) is 42.7 Å². The predicted molar refractivity (Wildman–Crippen MR) is 111 cm³/mol. The van der Waals surface area contributed by atoms with Crippen molar-refractivity contribution in [1.82, 2.24) is 9.88 Å². The number of aromatic nitrogens is 1. The molecule has 2 aromatic carbocycles. The highest BCUT2D eigenvalue weighted by atomic mass is 35.5. The summed E-state index contributed by atoms with van der Waals surface area (Å²) < 4.78 is 39.6. The molecule has 0 unspecified atom stereocenters. The van der Waals surface area contributed by atoms with Gasteiger partial charge in [0.2, 0.25) is 0 Å². The number of piperidine rings is 1. The zero-order valence-electron chi connectivity index (χ0n) is 15.7. The van der Waals surface area contributed by atoms with Crippen molar-refractivity contribution in [2.45, 2.75) is 24.6 Å². The summed E-state index contributed by atoms with van der Waals surface area (Å²) in [6, 6.07) is 8.90. The summed E-state index contributed by atoms with van der Waals surface area (Å²) >= 11 is 11.7. The number of aliphatic hydroxyl groups is 1. The van der Waals surface area contributed by atoms with Crippen molar-refractivity contribution >= 4 is 39.9 Å². The average Bonchev–Trinajstić information content (AvgIpc) is 3.10. The third-order valence-electron chi connectivity index (χ3n) is 5.61. The van der Waals surface area contributed by atoms with Crippen LogP contribution < -0.4 is 0 Å². The minimum Gasteiger partial charge on any atom is -0.385 e. The van der Waals surface area contributed by atoms with Crippen LogP contribution in [0.1, 0.15) is 29.5 Å². The van der Waals surface area contributed by atoms with Crippen LogP contribution in [0.15, 0.2) is 42.6 Å². The number of rotatable bonds is 2. The van der Waals surface area contributed by atoms with Crippen LogP contribution in [0.5, 0.6) is 0 Å². The number of hydrogen-bond acceptors (Lipinski definition) is 2. The molecule has 1 fully saturated rings. The van der Waals surface area contributed by atoms with Gasteiger partial charge in [-0.1, -0.05) is 35.3 Å². The summed E-state index contributed by atoms with van der Waals surface area (Å²) in [5, 5.41) is 20.7. The van der Waals surface area contributed by atoms with E-state index >= 15 is 0 Å². The highest BCUT2D eigenvalue weighted by Gasteiger charge is 2.39. The first-order valence-corrected chi connectivity index (χ1v) is 10.0. The summed E-state index contributed by atoms with van der Waals surface area (Å²) in [6.07, 6.45) is -2.46. The summed E-state index contributed by atoms with van der Waals surface area (Å²) in [6.45, 7) is 0.666. The molecule has 158 valence electrons. The molecule has 1 aromatic heterocycles. The number of benzene rings is 2. The molecule has 0 radical (unpaired) electrons.